The topological polar surface area (TPSA) is 102 Å². The zero-order valence-corrected chi connectivity index (χ0v) is 25.1. The molecule has 1 heterocycles. The minimum absolute atomic E-state index is 0.0131. The van der Waals surface area contributed by atoms with Crippen LogP contribution in [0.3, 0.4) is 0 Å². The van der Waals surface area contributed by atoms with E-state index in [0.717, 1.165) is 22.3 Å². The molecular formula is C37H38FNO5. The molecule has 1 aliphatic heterocycles. The normalized spacial score (nSPS) is 40.2. The van der Waals surface area contributed by atoms with Gasteiger partial charge in [0, 0.05) is 39.1 Å². The number of rotatable bonds is 3. The fraction of sp³-hybridized carbons (Fsp3) is 0.432. The molecule has 44 heavy (non-hydrogen) atoms. The van der Waals surface area contributed by atoms with E-state index in [2.05, 4.69) is 18.4 Å². The van der Waals surface area contributed by atoms with Crippen LogP contribution in [0, 0.1) is 34.5 Å². The molecule has 6 nitrogen and oxygen atoms in total. The number of alkyl halides is 1. The van der Waals surface area contributed by atoms with Gasteiger partial charge in [0.2, 0.25) is 0 Å². The average Bonchev–Trinajstić information content (AvgIpc) is 3.50. The van der Waals surface area contributed by atoms with E-state index in [1.807, 2.05) is 80.6 Å². The van der Waals surface area contributed by atoms with E-state index in [-0.39, 0.29) is 12.3 Å². The summed E-state index contributed by atoms with van der Waals surface area (Å²) in [5.74, 6) is 4.94. The van der Waals surface area contributed by atoms with Crippen molar-refractivity contribution in [3.63, 3.8) is 0 Å². The number of nitrogen functional groups attached to an aromatic ring is 1. The first kappa shape index (κ1) is 29.2. The highest BCUT2D eigenvalue weighted by atomic mass is 19.1. The number of hydrogen-bond acceptors (Lipinski definition) is 6. The van der Waals surface area contributed by atoms with E-state index >= 15 is 4.39 Å². The number of hydrogen-bond donors (Lipinski definition) is 3. The number of ether oxygens (including phenoxy) is 2. The first-order valence-corrected chi connectivity index (χ1v) is 15.4. The number of aliphatic hydroxyl groups is 2. The Kier molecular flexibility index (Phi) is 6.62. The lowest BCUT2D eigenvalue weighted by Gasteiger charge is -2.62. The Morgan fingerprint density at radius 1 is 1.14 bits per heavy atom. The Bertz CT molecular complexity index is 1670. The summed E-state index contributed by atoms with van der Waals surface area (Å²) in [7, 11) is 0. The van der Waals surface area contributed by atoms with Gasteiger partial charge in [0.25, 0.3) is 0 Å². The highest BCUT2D eigenvalue weighted by Gasteiger charge is 2.79. The Hall–Kier alpha value is -3.54. The quantitative estimate of drug-likeness (QED) is 0.327. The molecule has 7 rings (SSSR count). The number of carbonyl (C=O) groups is 1. The molecule has 9 atom stereocenters. The minimum atomic E-state index is -1.93. The maximum Gasteiger partial charge on any atom is 0.193 e. The van der Waals surface area contributed by atoms with Crippen LogP contribution in [0.1, 0.15) is 62.5 Å². The Morgan fingerprint density at radius 2 is 1.89 bits per heavy atom. The van der Waals surface area contributed by atoms with Crippen LogP contribution in [0.5, 0.6) is 0 Å². The van der Waals surface area contributed by atoms with Crippen molar-refractivity contribution in [2.45, 2.75) is 69.3 Å². The first-order valence-electron chi connectivity index (χ1n) is 15.4. The predicted molar refractivity (Wildman–Crippen MR) is 165 cm³/mol. The van der Waals surface area contributed by atoms with Gasteiger partial charge in [-0.1, -0.05) is 67.3 Å². The van der Waals surface area contributed by atoms with Gasteiger partial charge in [0.15, 0.2) is 23.3 Å². The summed E-state index contributed by atoms with van der Waals surface area (Å²) in [5, 5.41) is 22.0. The molecule has 1 saturated heterocycles. The van der Waals surface area contributed by atoms with Crippen LogP contribution < -0.4 is 5.73 Å². The van der Waals surface area contributed by atoms with Crippen molar-refractivity contribution in [3.05, 3.63) is 101 Å². The number of anilines is 1. The van der Waals surface area contributed by atoms with Crippen molar-refractivity contribution in [1.82, 2.24) is 0 Å². The maximum absolute atomic E-state index is 17.6. The molecule has 0 bridgehead atoms. The van der Waals surface area contributed by atoms with Gasteiger partial charge in [0.05, 0.1) is 12.2 Å². The van der Waals surface area contributed by atoms with E-state index < -0.39 is 58.9 Å². The molecule has 4 N–H and O–H groups in total. The summed E-state index contributed by atoms with van der Waals surface area (Å²) in [6, 6.07) is 14.8. The summed E-state index contributed by atoms with van der Waals surface area (Å²) in [4.78, 5) is 13.7. The Labute approximate surface area is 257 Å². The number of Topliss-reactive ketones (excluding diaryl/α,β-unsaturated/α-hetero) is 1. The molecule has 4 aliphatic carbocycles. The maximum atomic E-state index is 17.6. The van der Waals surface area contributed by atoms with Gasteiger partial charge in [-0.3, -0.25) is 4.79 Å². The number of carbonyl (C=O) groups excluding carboxylic acids is 1. The molecule has 0 spiro atoms. The molecular weight excluding hydrogens is 557 g/mol. The molecule has 0 unspecified atom stereocenters. The number of benzene rings is 2. The molecule has 4 fully saturated rings. The number of ketones is 1. The molecule has 0 amide bonds. The lowest BCUT2D eigenvalue weighted by molar-refractivity contribution is -0.231. The molecule has 228 valence electrons. The Balaban J connectivity index is 1.19. The van der Waals surface area contributed by atoms with Crippen LogP contribution in [0.4, 0.5) is 10.1 Å². The van der Waals surface area contributed by atoms with E-state index in [1.54, 1.807) is 0 Å². The second kappa shape index (κ2) is 9.98. The summed E-state index contributed by atoms with van der Waals surface area (Å²) in [5.41, 5.74) is 5.21. The number of nitrogens with two attached hydrogens (primary N) is 1. The fourth-order valence-corrected chi connectivity index (χ4v) is 9.28. The summed E-state index contributed by atoms with van der Waals surface area (Å²) in [6.45, 7) is 7.09. The second-order valence-electron chi connectivity index (χ2n) is 13.6. The molecule has 2 aromatic rings. The van der Waals surface area contributed by atoms with Gasteiger partial charge in [-0.05, 0) is 74.4 Å². The lowest BCUT2D eigenvalue weighted by Crippen LogP contribution is -2.69. The van der Waals surface area contributed by atoms with E-state index in [1.165, 1.54) is 0 Å². The van der Waals surface area contributed by atoms with Crippen LogP contribution in [0.2, 0.25) is 0 Å². The zero-order valence-electron chi connectivity index (χ0n) is 25.1. The molecule has 0 aromatic heterocycles. The van der Waals surface area contributed by atoms with E-state index in [0.29, 0.717) is 30.5 Å². The number of allylic oxidation sites excluding steroid dienone is 5. The van der Waals surface area contributed by atoms with Crippen molar-refractivity contribution in [3.8, 4) is 11.8 Å². The lowest BCUT2D eigenvalue weighted by atomic mass is 9.44. The van der Waals surface area contributed by atoms with Crippen LogP contribution >= 0.6 is 0 Å². The Morgan fingerprint density at radius 3 is 2.61 bits per heavy atom. The molecule has 2 aromatic carbocycles. The van der Waals surface area contributed by atoms with Crippen LogP contribution in [0.25, 0.3) is 0 Å². The molecule has 3 saturated carbocycles. The van der Waals surface area contributed by atoms with Crippen LogP contribution in [-0.2, 0) is 14.3 Å². The van der Waals surface area contributed by atoms with Crippen molar-refractivity contribution in [1.29, 1.82) is 0 Å². The van der Waals surface area contributed by atoms with Crippen LogP contribution in [0.15, 0.2) is 84.5 Å². The molecule has 7 heteroatoms. The number of halogens is 1. The summed E-state index contributed by atoms with van der Waals surface area (Å²) in [6.07, 6.45) is 4.38. The highest BCUT2D eigenvalue weighted by Crippen LogP contribution is 2.72. The summed E-state index contributed by atoms with van der Waals surface area (Å²) < 4.78 is 30.7. The van der Waals surface area contributed by atoms with Crippen LogP contribution in [-0.4, -0.2) is 46.1 Å². The summed E-state index contributed by atoms with van der Waals surface area (Å²) >= 11 is 0. The third-order valence-electron chi connectivity index (χ3n) is 11.5. The SMILES string of the molecule is C=C1C=C[C@@]2(C)C(=C1)CC[C@H]1[C@@H]3C[C@H]4O[C@H](c5ccc(C#Cc6cccc(N)c6)cc5)O[C@@]4(C(=O)CO)[C@@]3(C)C[C@H](O)[C@@]12F. The smallest absolute Gasteiger partial charge is 0.193 e. The first-order chi connectivity index (χ1) is 21.0. The van der Waals surface area contributed by atoms with Gasteiger partial charge < -0.3 is 25.4 Å². The van der Waals surface area contributed by atoms with Gasteiger partial charge in [-0.15, -0.1) is 0 Å². The number of fused-ring (bicyclic) bond motifs is 7. The highest BCUT2D eigenvalue weighted by molar-refractivity contribution is 5.91. The molecule has 0 radical (unpaired) electrons. The zero-order chi connectivity index (χ0) is 31.1. The second-order valence-corrected chi connectivity index (χ2v) is 13.6. The van der Waals surface area contributed by atoms with E-state index in [9.17, 15) is 15.0 Å². The molecule has 5 aliphatic rings. The van der Waals surface area contributed by atoms with Gasteiger partial charge >= 0.3 is 0 Å². The monoisotopic (exact) mass is 595 g/mol. The van der Waals surface area contributed by atoms with Gasteiger partial charge in [-0.2, -0.15) is 0 Å². The number of aliphatic hydroxyl groups excluding tert-OH is 2. The standard InChI is InChI=1S/C37H38FNO5/c1-22-15-16-34(2)26(17-22)13-14-28-29-19-32-37(31(42)21-40,35(29,3)20-30(41)36(28,34)38)44-33(43-32)25-11-9-23(10-12-25)7-8-24-5-4-6-27(39)18-24/h4-6,9-12,15-18,28-30,32-33,40-41H,1,13-14,19-21,39H2,2-3H3/t28-,29-,30-,32+,33-,34-,35-,36-,37+/m0/s1. The van der Waals surface area contributed by atoms with Crippen molar-refractivity contribution in [2.24, 2.45) is 22.7 Å². The van der Waals surface area contributed by atoms with Crippen molar-refractivity contribution < 1.29 is 28.9 Å². The van der Waals surface area contributed by atoms with Gasteiger partial charge in [-0.25, -0.2) is 4.39 Å². The average molecular weight is 596 g/mol. The van der Waals surface area contributed by atoms with E-state index in [4.69, 9.17) is 15.2 Å². The third-order valence-corrected chi connectivity index (χ3v) is 11.5. The van der Waals surface area contributed by atoms with Crippen molar-refractivity contribution in [2.75, 3.05) is 12.3 Å². The minimum Gasteiger partial charge on any atom is -0.399 e. The van der Waals surface area contributed by atoms with Crippen molar-refractivity contribution >= 4 is 11.5 Å². The fourth-order valence-electron chi connectivity index (χ4n) is 9.28. The largest absolute Gasteiger partial charge is 0.399 e. The third kappa shape index (κ3) is 3.85. The van der Waals surface area contributed by atoms with Gasteiger partial charge in [0.1, 0.15) is 6.61 Å². The predicted octanol–water partition coefficient (Wildman–Crippen LogP) is 5.35.